The fraction of sp³-hybridized carbons (Fsp3) is 0.290. The Balaban J connectivity index is 1.25. The smallest absolute Gasteiger partial charge is 0.252 e. The Hall–Kier alpha value is -7.31. The Kier molecular flexibility index (Phi) is 11.7. The largest absolute Gasteiger partial charge is 0.436 e. The van der Waals surface area contributed by atoms with Crippen molar-refractivity contribution in [2.45, 2.75) is 131 Å². The Labute approximate surface area is 447 Å². The van der Waals surface area contributed by atoms with Gasteiger partial charge in [0.15, 0.2) is 5.58 Å². The van der Waals surface area contributed by atoms with Crippen LogP contribution in [-0.4, -0.2) is 11.7 Å². The molecular weight excluding hydrogens is 912 g/mol. The molecule has 0 saturated carbocycles. The molecule has 378 valence electrons. The molecule has 0 amide bonds. The molecular formula is C69H73BN4O. The number of anilines is 9. The first-order valence-electron chi connectivity index (χ1n) is 27.0. The van der Waals surface area contributed by atoms with Crippen LogP contribution in [0.1, 0.15) is 132 Å². The van der Waals surface area contributed by atoms with E-state index in [1.54, 1.807) is 0 Å². The number of oxazole rings is 1. The molecule has 2 aliphatic rings. The van der Waals surface area contributed by atoms with Crippen LogP contribution in [0.4, 0.5) is 51.2 Å². The SMILES string of the molecule is CC(C)(C)c1ccc(-c2nc3cc4c(cc3o2)B2c3ccc(N(c5ccccc5)c5ccccc5)cc3N(c3ccc(C(C)(C)C)cc3)c3cc(C(C)(C)C)cc(c32)N4c2cc(C(C)(C)C)cc(C(C)(C)C)c2)cc1. The van der Waals surface area contributed by atoms with Crippen LogP contribution in [0.3, 0.4) is 0 Å². The lowest BCUT2D eigenvalue weighted by Gasteiger charge is -2.45. The minimum Gasteiger partial charge on any atom is -0.436 e. The third kappa shape index (κ3) is 9.04. The number of rotatable bonds is 6. The van der Waals surface area contributed by atoms with Crippen LogP contribution in [-0.2, 0) is 27.1 Å². The molecule has 75 heavy (non-hydrogen) atoms. The molecule has 6 heteroatoms. The first kappa shape index (κ1) is 49.9. The van der Waals surface area contributed by atoms with E-state index in [0.717, 1.165) is 56.5 Å². The van der Waals surface area contributed by atoms with Crippen LogP contribution in [0.2, 0.25) is 0 Å². The average Bonchev–Trinajstić information content (AvgIpc) is 3.81. The van der Waals surface area contributed by atoms with E-state index in [9.17, 15) is 0 Å². The normalized spacial score (nSPS) is 13.7. The number of fused-ring (bicyclic) bond motifs is 5. The minimum absolute atomic E-state index is 0.00666. The quantitative estimate of drug-likeness (QED) is 0.155. The second-order valence-corrected chi connectivity index (χ2v) is 26.3. The third-order valence-corrected chi connectivity index (χ3v) is 15.6. The number of nitrogens with zero attached hydrogens (tertiary/aromatic N) is 4. The highest BCUT2D eigenvalue weighted by molar-refractivity contribution is 7.00. The summed E-state index contributed by atoms with van der Waals surface area (Å²) in [5.41, 5.74) is 22.5. The Bertz CT molecular complexity index is 3540. The van der Waals surface area contributed by atoms with E-state index in [1.807, 2.05) is 0 Å². The van der Waals surface area contributed by atoms with Crippen LogP contribution in [0.25, 0.3) is 22.6 Å². The highest BCUT2D eigenvalue weighted by Crippen LogP contribution is 2.49. The highest BCUT2D eigenvalue weighted by atomic mass is 16.3. The Morgan fingerprint density at radius 3 is 1.36 bits per heavy atom. The number of hydrogen-bond acceptors (Lipinski definition) is 5. The van der Waals surface area contributed by atoms with Gasteiger partial charge in [0.25, 0.3) is 6.71 Å². The molecule has 3 heterocycles. The van der Waals surface area contributed by atoms with Gasteiger partial charge in [-0.05, 0) is 168 Å². The summed E-state index contributed by atoms with van der Waals surface area (Å²) in [6, 6.07) is 63.7. The predicted molar refractivity (Wildman–Crippen MR) is 322 cm³/mol. The van der Waals surface area contributed by atoms with Gasteiger partial charge in [0.05, 0.1) is 0 Å². The Morgan fingerprint density at radius 1 is 0.387 bits per heavy atom. The highest BCUT2D eigenvalue weighted by Gasteiger charge is 2.45. The van der Waals surface area contributed by atoms with E-state index in [2.05, 4.69) is 288 Å². The first-order valence-corrected chi connectivity index (χ1v) is 27.0. The second-order valence-electron chi connectivity index (χ2n) is 26.3. The summed E-state index contributed by atoms with van der Waals surface area (Å²) in [5.74, 6) is 0.623. The van der Waals surface area contributed by atoms with Gasteiger partial charge in [-0.1, -0.05) is 177 Å². The van der Waals surface area contributed by atoms with E-state index >= 15 is 0 Å². The molecule has 0 atom stereocenters. The fourth-order valence-corrected chi connectivity index (χ4v) is 11.1. The zero-order valence-electron chi connectivity index (χ0n) is 46.9. The molecule has 2 aliphatic heterocycles. The van der Waals surface area contributed by atoms with Crippen LogP contribution < -0.4 is 31.1 Å². The molecule has 0 saturated heterocycles. The van der Waals surface area contributed by atoms with Crippen LogP contribution in [0.15, 0.2) is 174 Å². The molecule has 1 aromatic heterocycles. The summed E-state index contributed by atoms with van der Waals surface area (Å²) in [4.78, 5) is 12.8. The minimum atomic E-state index is -0.189. The topological polar surface area (TPSA) is 35.8 Å². The fourth-order valence-electron chi connectivity index (χ4n) is 11.1. The van der Waals surface area contributed by atoms with Gasteiger partial charge in [-0.25, -0.2) is 4.98 Å². The summed E-state index contributed by atoms with van der Waals surface area (Å²) in [6.07, 6.45) is 0. The maximum Gasteiger partial charge on any atom is 0.252 e. The van der Waals surface area contributed by atoms with E-state index in [4.69, 9.17) is 9.40 Å². The maximum absolute atomic E-state index is 6.93. The average molecular weight is 985 g/mol. The number of para-hydroxylation sites is 2. The van der Waals surface area contributed by atoms with Gasteiger partial charge in [0.1, 0.15) is 5.52 Å². The first-order chi connectivity index (χ1) is 35.3. The maximum atomic E-state index is 6.93. The molecule has 0 bridgehead atoms. The van der Waals surface area contributed by atoms with Crippen molar-refractivity contribution < 1.29 is 4.42 Å². The molecule has 9 aromatic rings. The van der Waals surface area contributed by atoms with Crippen molar-refractivity contribution in [3.63, 3.8) is 0 Å². The van der Waals surface area contributed by atoms with Gasteiger partial charge < -0.3 is 19.1 Å². The third-order valence-electron chi connectivity index (χ3n) is 15.6. The molecule has 0 spiro atoms. The standard InChI is InChI=1S/C69H73BN4O/c1-65(2,3)45-28-26-44(27-29-45)64-71-57-43-59-56(42-62(57)75-64)70-55-35-34-53(72(50-22-18-16-19-23-50)51-24-20-17-21-25-51)41-58(55)73(52-32-30-46(31-33-52)66(4,5)6)60-39-49(69(13,14)15)40-61(63(60)70)74(59)54-37-47(67(7,8)9)36-48(38-54)68(10,11)12/h16-43H,1-15H3. The zero-order chi connectivity index (χ0) is 53.1. The van der Waals surface area contributed by atoms with Gasteiger partial charge in [-0.15, -0.1) is 0 Å². The molecule has 8 aromatic carbocycles. The lowest BCUT2D eigenvalue weighted by atomic mass is 9.33. The van der Waals surface area contributed by atoms with E-state index < -0.39 is 0 Å². The summed E-state index contributed by atoms with van der Waals surface area (Å²) >= 11 is 0. The summed E-state index contributed by atoms with van der Waals surface area (Å²) in [5, 5.41) is 0. The van der Waals surface area contributed by atoms with E-state index in [-0.39, 0.29) is 33.8 Å². The molecule has 0 aliphatic carbocycles. The van der Waals surface area contributed by atoms with Crippen LogP contribution in [0.5, 0.6) is 0 Å². The van der Waals surface area contributed by atoms with Crippen molar-refractivity contribution in [3.8, 4) is 11.5 Å². The predicted octanol–water partition coefficient (Wildman–Crippen LogP) is 17.5. The van der Waals surface area contributed by atoms with Gasteiger partial charge in [-0.2, -0.15) is 0 Å². The monoisotopic (exact) mass is 985 g/mol. The molecule has 0 unspecified atom stereocenters. The summed E-state index contributed by atoms with van der Waals surface area (Å²) in [6.45, 7) is 34.5. The van der Waals surface area contributed by atoms with Gasteiger partial charge in [-0.3, -0.25) is 0 Å². The number of benzene rings is 8. The van der Waals surface area contributed by atoms with Crippen LogP contribution >= 0.6 is 0 Å². The van der Waals surface area contributed by atoms with Crippen molar-refractivity contribution in [1.29, 1.82) is 0 Å². The zero-order valence-corrected chi connectivity index (χ0v) is 46.9. The van der Waals surface area contributed by atoms with Crippen molar-refractivity contribution >= 4 is 85.4 Å². The van der Waals surface area contributed by atoms with Gasteiger partial charge in [0, 0.05) is 56.7 Å². The van der Waals surface area contributed by atoms with E-state index in [1.165, 1.54) is 55.6 Å². The molecule has 0 fully saturated rings. The molecule has 5 nitrogen and oxygen atoms in total. The van der Waals surface area contributed by atoms with Gasteiger partial charge >= 0.3 is 0 Å². The van der Waals surface area contributed by atoms with Crippen molar-refractivity contribution in [1.82, 2.24) is 4.98 Å². The number of hydrogen-bond donors (Lipinski definition) is 0. The molecule has 0 radical (unpaired) electrons. The second kappa shape index (κ2) is 17.7. The van der Waals surface area contributed by atoms with Crippen molar-refractivity contribution in [3.05, 3.63) is 198 Å². The lowest BCUT2D eigenvalue weighted by Crippen LogP contribution is -2.61. The van der Waals surface area contributed by atoms with Gasteiger partial charge in [0.2, 0.25) is 5.89 Å². The Morgan fingerprint density at radius 2 is 0.853 bits per heavy atom. The summed E-state index contributed by atoms with van der Waals surface area (Å²) < 4.78 is 6.93. The summed E-state index contributed by atoms with van der Waals surface area (Å²) in [7, 11) is 0. The lowest BCUT2D eigenvalue weighted by molar-refractivity contribution is 0.568. The van der Waals surface area contributed by atoms with E-state index in [0.29, 0.717) is 5.89 Å². The number of aromatic nitrogens is 1. The van der Waals surface area contributed by atoms with Crippen molar-refractivity contribution in [2.75, 3.05) is 14.7 Å². The molecule has 0 N–H and O–H groups in total. The van der Waals surface area contributed by atoms with Crippen LogP contribution in [0, 0.1) is 0 Å². The van der Waals surface area contributed by atoms with Crippen molar-refractivity contribution in [2.24, 2.45) is 0 Å². The molecule has 11 rings (SSSR count).